The first-order chi connectivity index (χ1) is 8.02. The van der Waals surface area contributed by atoms with E-state index in [1.165, 1.54) is 6.07 Å². The molecule has 0 saturated carbocycles. The molecule has 1 aromatic carbocycles. The number of hydrogen-bond donors (Lipinski definition) is 0. The molecule has 0 N–H and O–H groups in total. The summed E-state index contributed by atoms with van der Waals surface area (Å²) in [5.74, 6) is -0.212. The van der Waals surface area contributed by atoms with E-state index in [-0.39, 0.29) is 23.6 Å². The molecule has 0 spiro atoms. The highest BCUT2D eigenvalue weighted by molar-refractivity contribution is 5.87. The van der Waals surface area contributed by atoms with Gasteiger partial charge in [-0.25, -0.2) is 4.39 Å². The highest BCUT2D eigenvalue weighted by atomic mass is 19.1. The number of halogens is 1. The fourth-order valence-corrected chi connectivity index (χ4v) is 2.12. The van der Waals surface area contributed by atoms with Crippen LogP contribution in [-0.2, 0) is 4.79 Å². The Labute approximate surface area is 100 Å². The summed E-state index contributed by atoms with van der Waals surface area (Å²) in [7, 11) is 0. The molecule has 0 bridgehead atoms. The van der Waals surface area contributed by atoms with Crippen LogP contribution in [0.4, 0.5) is 4.39 Å². The number of aromatic nitrogens is 1. The molecule has 2 nitrogen and oxygen atoms in total. The van der Waals surface area contributed by atoms with Crippen molar-refractivity contribution in [2.24, 2.45) is 5.92 Å². The monoisotopic (exact) mass is 233 g/mol. The predicted octanol–water partition coefficient (Wildman–Crippen LogP) is 3.57. The number of carbonyl (C=O) groups excluding carboxylic acids is 1. The molecule has 1 atom stereocenters. The second-order valence-electron chi connectivity index (χ2n) is 4.63. The Hall–Kier alpha value is -1.64. The first-order valence-corrected chi connectivity index (χ1v) is 5.81. The Bertz CT molecular complexity index is 556. The van der Waals surface area contributed by atoms with Crippen molar-refractivity contribution in [2.75, 3.05) is 0 Å². The van der Waals surface area contributed by atoms with E-state index in [2.05, 4.69) is 0 Å². The molecule has 17 heavy (non-hydrogen) atoms. The molecular weight excluding hydrogens is 217 g/mol. The van der Waals surface area contributed by atoms with E-state index in [0.717, 1.165) is 5.39 Å². The lowest BCUT2D eigenvalue weighted by atomic mass is 10.0. The van der Waals surface area contributed by atoms with Gasteiger partial charge < -0.3 is 4.57 Å². The van der Waals surface area contributed by atoms with Gasteiger partial charge in [-0.2, -0.15) is 0 Å². The molecule has 1 unspecified atom stereocenters. The highest BCUT2D eigenvalue weighted by Gasteiger charge is 2.20. The van der Waals surface area contributed by atoms with Crippen molar-refractivity contribution in [1.29, 1.82) is 0 Å². The van der Waals surface area contributed by atoms with Crippen LogP contribution in [0.15, 0.2) is 30.5 Å². The third-order valence-electron chi connectivity index (χ3n) is 3.09. The smallest absolute Gasteiger partial charge is 0.157 e. The fraction of sp³-hybridized carbons (Fsp3) is 0.357. The molecule has 2 aromatic rings. The standard InChI is InChI=1S/C14H16FNO/c1-9(2)14(17)10(3)16-8-7-11-5-4-6-12(15)13(11)16/h4-10H,1-3H3. The molecule has 0 fully saturated rings. The maximum Gasteiger partial charge on any atom is 0.157 e. The van der Waals surface area contributed by atoms with Crippen LogP contribution in [0.25, 0.3) is 10.9 Å². The number of rotatable bonds is 3. The molecule has 90 valence electrons. The summed E-state index contributed by atoms with van der Waals surface area (Å²) in [5, 5.41) is 0.827. The zero-order valence-electron chi connectivity index (χ0n) is 10.3. The number of benzene rings is 1. The largest absolute Gasteiger partial charge is 0.335 e. The summed E-state index contributed by atoms with van der Waals surface area (Å²) in [6.07, 6.45) is 1.78. The van der Waals surface area contributed by atoms with Gasteiger partial charge in [0.15, 0.2) is 5.78 Å². The van der Waals surface area contributed by atoms with E-state index in [0.29, 0.717) is 5.52 Å². The average Bonchev–Trinajstić information content (AvgIpc) is 2.72. The molecule has 0 aliphatic carbocycles. The number of ketones is 1. The zero-order chi connectivity index (χ0) is 12.6. The molecule has 2 rings (SSSR count). The molecular formula is C14H16FNO. The minimum absolute atomic E-state index is 0.0470. The van der Waals surface area contributed by atoms with Crippen molar-refractivity contribution in [3.05, 3.63) is 36.3 Å². The zero-order valence-corrected chi connectivity index (χ0v) is 10.3. The normalized spacial score (nSPS) is 13.2. The lowest BCUT2D eigenvalue weighted by Crippen LogP contribution is -2.20. The van der Waals surface area contributed by atoms with Gasteiger partial charge in [-0.15, -0.1) is 0 Å². The van der Waals surface area contributed by atoms with Crippen LogP contribution in [0.5, 0.6) is 0 Å². The molecule has 1 heterocycles. The van der Waals surface area contributed by atoms with Gasteiger partial charge in [0.25, 0.3) is 0 Å². The van der Waals surface area contributed by atoms with E-state index in [9.17, 15) is 9.18 Å². The van der Waals surface area contributed by atoms with E-state index >= 15 is 0 Å². The van der Waals surface area contributed by atoms with E-state index < -0.39 is 0 Å². The highest BCUT2D eigenvalue weighted by Crippen LogP contribution is 2.24. The summed E-state index contributed by atoms with van der Waals surface area (Å²) in [6, 6.07) is 6.45. The van der Waals surface area contributed by atoms with Crippen molar-refractivity contribution in [3.63, 3.8) is 0 Å². The van der Waals surface area contributed by atoms with Crippen LogP contribution in [0, 0.1) is 11.7 Å². The van der Waals surface area contributed by atoms with Gasteiger partial charge in [0.05, 0.1) is 11.6 Å². The lowest BCUT2D eigenvalue weighted by molar-refractivity contribution is -0.124. The summed E-state index contributed by atoms with van der Waals surface area (Å²) in [5.41, 5.74) is 0.508. The SMILES string of the molecule is CC(C)C(=O)C(C)n1ccc2cccc(F)c21. The van der Waals surface area contributed by atoms with Gasteiger partial charge in [-0.3, -0.25) is 4.79 Å². The van der Waals surface area contributed by atoms with Gasteiger partial charge in [0.2, 0.25) is 0 Å². The second-order valence-corrected chi connectivity index (χ2v) is 4.63. The molecule has 0 radical (unpaired) electrons. The summed E-state index contributed by atoms with van der Waals surface area (Å²) < 4.78 is 15.5. The number of para-hydroxylation sites is 1. The Kier molecular flexibility index (Phi) is 3.01. The third-order valence-corrected chi connectivity index (χ3v) is 3.09. The van der Waals surface area contributed by atoms with Crippen molar-refractivity contribution in [2.45, 2.75) is 26.8 Å². The van der Waals surface area contributed by atoms with Crippen molar-refractivity contribution in [1.82, 2.24) is 4.57 Å². The predicted molar refractivity (Wildman–Crippen MR) is 66.5 cm³/mol. The average molecular weight is 233 g/mol. The van der Waals surface area contributed by atoms with Crippen LogP contribution >= 0.6 is 0 Å². The molecule has 3 heteroatoms. The molecule has 0 aliphatic rings. The van der Waals surface area contributed by atoms with E-state index in [1.54, 1.807) is 16.8 Å². The maximum atomic E-state index is 13.8. The maximum absolute atomic E-state index is 13.8. The number of fused-ring (bicyclic) bond motifs is 1. The Morgan fingerprint density at radius 1 is 1.24 bits per heavy atom. The van der Waals surface area contributed by atoms with Crippen molar-refractivity contribution in [3.8, 4) is 0 Å². The van der Waals surface area contributed by atoms with Gasteiger partial charge in [-0.1, -0.05) is 26.0 Å². The molecule has 0 aliphatic heterocycles. The van der Waals surface area contributed by atoms with Crippen LogP contribution in [-0.4, -0.2) is 10.4 Å². The number of nitrogens with zero attached hydrogens (tertiary/aromatic N) is 1. The number of carbonyl (C=O) groups is 1. The molecule has 0 saturated heterocycles. The van der Waals surface area contributed by atoms with E-state index in [4.69, 9.17) is 0 Å². The lowest BCUT2D eigenvalue weighted by Gasteiger charge is -2.16. The van der Waals surface area contributed by atoms with Gasteiger partial charge in [-0.05, 0) is 19.1 Å². The first kappa shape index (κ1) is 11.8. The first-order valence-electron chi connectivity index (χ1n) is 5.81. The fourth-order valence-electron chi connectivity index (χ4n) is 2.12. The Balaban J connectivity index is 2.53. The summed E-state index contributed by atoms with van der Waals surface area (Å²) >= 11 is 0. The number of Topliss-reactive ketones (excluding diaryl/α,β-unsaturated/α-hetero) is 1. The van der Waals surface area contributed by atoms with Crippen LogP contribution in [0.1, 0.15) is 26.8 Å². The van der Waals surface area contributed by atoms with Crippen LogP contribution in [0.2, 0.25) is 0 Å². The minimum Gasteiger partial charge on any atom is -0.335 e. The van der Waals surface area contributed by atoms with Crippen molar-refractivity contribution >= 4 is 16.7 Å². The molecule has 0 amide bonds. The minimum atomic E-state index is -0.329. The summed E-state index contributed by atoms with van der Waals surface area (Å²) in [6.45, 7) is 5.54. The second kappa shape index (κ2) is 4.32. The van der Waals surface area contributed by atoms with E-state index in [1.807, 2.05) is 32.9 Å². The van der Waals surface area contributed by atoms with Crippen LogP contribution < -0.4 is 0 Å². The topological polar surface area (TPSA) is 22.0 Å². The Morgan fingerprint density at radius 3 is 2.59 bits per heavy atom. The van der Waals surface area contributed by atoms with Gasteiger partial charge in [0.1, 0.15) is 5.82 Å². The summed E-state index contributed by atoms with van der Waals surface area (Å²) in [4.78, 5) is 12.0. The molecule has 1 aromatic heterocycles. The number of hydrogen-bond acceptors (Lipinski definition) is 1. The van der Waals surface area contributed by atoms with Gasteiger partial charge in [0, 0.05) is 17.5 Å². The van der Waals surface area contributed by atoms with Crippen LogP contribution in [0.3, 0.4) is 0 Å². The van der Waals surface area contributed by atoms with Gasteiger partial charge >= 0.3 is 0 Å². The third kappa shape index (κ3) is 1.97. The quantitative estimate of drug-likeness (QED) is 0.794. The Morgan fingerprint density at radius 2 is 1.94 bits per heavy atom. The van der Waals surface area contributed by atoms with Crippen molar-refractivity contribution < 1.29 is 9.18 Å².